The average molecular weight is 197 g/mol. The van der Waals surface area contributed by atoms with Crippen molar-refractivity contribution in [3.05, 3.63) is 29.8 Å². The molecule has 0 aromatic heterocycles. The lowest BCUT2D eigenvalue weighted by Gasteiger charge is -2.13. The minimum absolute atomic E-state index is 0.0239. The number of carboxylic acids is 1. The molecule has 1 atom stereocenters. The number of rotatable bonds is 4. The van der Waals surface area contributed by atoms with Crippen LogP contribution in [0.25, 0.3) is 0 Å². The number of carboxylic acid groups (broad SMARTS) is 1. The van der Waals surface area contributed by atoms with Gasteiger partial charge in [0.1, 0.15) is 11.9 Å². The van der Waals surface area contributed by atoms with Crippen LogP contribution in [0.5, 0.6) is 5.75 Å². The van der Waals surface area contributed by atoms with E-state index in [-0.39, 0.29) is 12.2 Å². The van der Waals surface area contributed by atoms with Gasteiger partial charge in [-0.3, -0.25) is 9.63 Å². The topological polar surface area (TPSA) is 92.8 Å². The van der Waals surface area contributed by atoms with Crippen molar-refractivity contribution < 1.29 is 19.8 Å². The zero-order valence-corrected chi connectivity index (χ0v) is 7.38. The third-order valence-electron chi connectivity index (χ3n) is 1.81. The number of nitrogens with two attached hydrogens (primary N) is 1. The maximum absolute atomic E-state index is 10.4. The number of aliphatic carboxylic acids is 1. The molecule has 0 aliphatic carbocycles. The Morgan fingerprint density at radius 3 is 2.64 bits per heavy atom. The Kier molecular flexibility index (Phi) is 3.44. The van der Waals surface area contributed by atoms with Crippen molar-refractivity contribution in [1.82, 2.24) is 0 Å². The van der Waals surface area contributed by atoms with Gasteiger partial charge in [0, 0.05) is 5.56 Å². The van der Waals surface area contributed by atoms with Crippen molar-refractivity contribution >= 4 is 5.97 Å². The summed E-state index contributed by atoms with van der Waals surface area (Å²) in [5.41, 5.74) is 0.373. The summed E-state index contributed by atoms with van der Waals surface area (Å²) in [7, 11) is 0. The molecule has 0 radical (unpaired) electrons. The molecular weight excluding hydrogens is 186 g/mol. The molecule has 14 heavy (non-hydrogen) atoms. The molecule has 0 amide bonds. The van der Waals surface area contributed by atoms with Crippen LogP contribution in [0.2, 0.25) is 0 Å². The Balaban J connectivity index is 2.89. The Bertz CT molecular complexity index is 326. The minimum atomic E-state index is -1.04. The lowest BCUT2D eigenvalue weighted by Crippen LogP contribution is -2.13. The summed E-state index contributed by atoms with van der Waals surface area (Å²) >= 11 is 0. The molecule has 1 unspecified atom stereocenters. The van der Waals surface area contributed by atoms with Gasteiger partial charge in [-0.05, 0) is 6.07 Å². The summed E-state index contributed by atoms with van der Waals surface area (Å²) in [6.07, 6.45) is -1.11. The molecule has 4 N–H and O–H groups in total. The van der Waals surface area contributed by atoms with Gasteiger partial charge in [0.15, 0.2) is 0 Å². The highest BCUT2D eigenvalue weighted by atomic mass is 16.6. The van der Waals surface area contributed by atoms with E-state index in [1.54, 1.807) is 18.2 Å². The first-order valence-corrected chi connectivity index (χ1v) is 4.00. The average Bonchev–Trinajstić information content (AvgIpc) is 2.15. The van der Waals surface area contributed by atoms with Crippen molar-refractivity contribution in [3.8, 4) is 5.75 Å². The van der Waals surface area contributed by atoms with E-state index >= 15 is 0 Å². The van der Waals surface area contributed by atoms with Gasteiger partial charge in [0.2, 0.25) is 0 Å². The van der Waals surface area contributed by atoms with E-state index in [0.29, 0.717) is 5.56 Å². The fraction of sp³-hybridized carbons (Fsp3) is 0.222. The fourth-order valence-electron chi connectivity index (χ4n) is 1.15. The maximum atomic E-state index is 10.4. The van der Waals surface area contributed by atoms with Crippen LogP contribution < -0.4 is 5.90 Å². The molecular formula is C9H11NO4. The van der Waals surface area contributed by atoms with Crippen LogP contribution in [-0.2, 0) is 9.63 Å². The monoisotopic (exact) mass is 197 g/mol. The maximum Gasteiger partial charge on any atom is 0.306 e. The molecule has 0 saturated heterocycles. The lowest BCUT2D eigenvalue weighted by molar-refractivity contribution is -0.140. The van der Waals surface area contributed by atoms with Crippen LogP contribution in [0.15, 0.2) is 24.3 Å². The summed E-state index contributed by atoms with van der Waals surface area (Å²) in [6.45, 7) is 0. The number of benzene rings is 1. The molecule has 1 aromatic carbocycles. The quantitative estimate of drug-likeness (QED) is 0.621. The van der Waals surface area contributed by atoms with Gasteiger partial charge in [-0.2, -0.15) is 0 Å². The molecule has 0 aliphatic heterocycles. The molecule has 0 saturated carbocycles. The molecule has 0 bridgehead atoms. The van der Waals surface area contributed by atoms with Crippen molar-refractivity contribution in [2.75, 3.05) is 0 Å². The normalized spacial score (nSPS) is 12.4. The number of phenols is 1. The SMILES string of the molecule is NOC(CC(=O)O)c1ccccc1O. The fourth-order valence-corrected chi connectivity index (χ4v) is 1.15. The smallest absolute Gasteiger partial charge is 0.306 e. The summed E-state index contributed by atoms with van der Waals surface area (Å²) in [5, 5.41) is 17.9. The second-order valence-electron chi connectivity index (χ2n) is 2.78. The largest absolute Gasteiger partial charge is 0.508 e. The molecule has 0 spiro atoms. The van der Waals surface area contributed by atoms with Crippen LogP contribution >= 0.6 is 0 Å². The number of para-hydroxylation sites is 1. The second-order valence-corrected chi connectivity index (χ2v) is 2.78. The van der Waals surface area contributed by atoms with Crippen molar-refractivity contribution in [2.24, 2.45) is 5.90 Å². The van der Waals surface area contributed by atoms with E-state index in [9.17, 15) is 9.90 Å². The van der Waals surface area contributed by atoms with E-state index in [1.165, 1.54) is 6.07 Å². The molecule has 0 fully saturated rings. The van der Waals surface area contributed by atoms with Gasteiger partial charge >= 0.3 is 5.97 Å². The predicted octanol–water partition coefficient (Wildman–Crippen LogP) is 0.798. The van der Waals surface area contributed by atoms with Gasteiger partial charge in [-0.25, -0.2) is 5.90 Å². The highest BCUT2D eigenvalue weighted by molar-refractivity contribution is 5.68. The van der Waals surface area contributed by atoms with Gasteiger partial charge in [-0.15, -0.1) is 0 Å². The molecule has 76 valence electrons. The van der Waals surface area contributed by atoms with E-state index in [1.807, 2.05) is 0 Å². The highest BCUT2D eigenvalue weighted by Crippen LogP contribution is 2.27. The van der Waals surface area contributed by atoms with Crippen molar-refractivity contribution in [2.45, 2.75) is 12.5 Å². The molecule has 0 aliphatic rings. The Hall–Kier alpha value is -1.59. The summed E-state index contributed by atoms with van der Waals surface area (Å²) in [5.74, 6) is 3.89. The lowest BCUT2D eigenvalue weighted by atomic mass is 10.1. The first-order chi connectivity index (χ1) is 6.65. The number of hydrogen-bond acceptors (Lipinski definition) is 4. The third kappa shape index (κ3) is 2.45. The predicted molar refractivity (Wildman–Crippen MR) is 48.4 cm³/mol. The Morgan fingerprint density at radius 1 is 1.50 bits per heavy atom. The zero-order valence-electron chi connectivity index (χ0n) is 7.38. The van der Waals surface area contributed by atoms with Crippen LogP contribution in [0, 0.1) is 0 Å². The summed E-state index contributed by atoms with van der Waals surface area (Å²) in [4.78, 5) is 14.9. The molecule has 5 nitrogen and oxygen atoms in total. The van der Waals surface area contributed by atoms with Gasteiger partial charge < -0.3 is 10.2 Å². The summed E-state index contributed by atoms with van der Waals surface area (Å²) < 4.78 is 0. The molecule has 1 rings (SSSR count). The van der Waals surface area contributed by atoms with Crippen LogP contribution in [0.1, 0.15) is 18.1 Å². The van der Waals surface area contributed by atoms with Crippen molar-refractivity contribution in [1.29, 1.82) is 0 Å². The van der Waals surface area contributed by atoms with E-state index < -0.39 is 12.1 Å². The standard InChI is InChI=1S/C9H11NO4/c10-14-8(5-9(12)13)6-3-1-2-4-7(6)11/h1-4,8,11H,5,10H2,(H,12,13). The second kappa shape index (κ2) is 4.59. The zero-order chi connectivity index (χ0) is 10.6. The number of carbonyl (C=O) groups is 1. The van der Waals surface area contributed by atoms with E-state index in [0.717, 1.165) is 0 Å². The minimum Gasteiger partial charge on any atom is -0.508 e. The Labute approximate surface area is 80.7 Å². The third-order valence-corrected chi connectivity index (χ3v) is 1.81. The van der Waals surface area contributed by atoms with Gasteiger partial charge in [-0.1, -0.05) is 18.2 Å². The van der Waals surface area contributed by atoms with Gasteiger partial charge in [0.05, 0.1) is 6.42 Å². The number of phenolic OH excluding ortho intramolecular Hbond substituents is 1. The van der Waals surface area contributed by atoms with Crippen LogP contribution in [0.4, 0.5) is 0 Å². The first kappa shape index (κ1) is 10.5. The number of hydrogen-bond donors (Lipinski definition) is 3. The molecule has 1 aromatic rings. The van der Waals surface area contributed by atoms with E-state index in [2.05, 4.69) is 4.84 Å². The van der Waals surface area contributed by atoms with Crippen LogP contribution in [0.3, 0.4) is 0 Å². The van der Waals surface area contributed by atoms with Crippen molar-refractivity contribution in [3.63, 3.8) is 0 Å². The highest BCUT2D eigenvalue weighted by Gasteiger charge is 2.18. The molecule has 0 heterocycles. The van der Waals surface area contributed by atoms with Crippen LogP contribution in [-0.4, -0.2) is 16.2 Å². The Morgan fingerprint density at radius 2 is 2.14 bits per heavy atom. The van der Waals surface area contributed by atoms with E-state index in [4.69, 9.17) is 11.0 Å². The van der Waals surface area contributed by atoms with Gasteiger partial charge in [0.25, 0.3) is 0 Å². The first-order valence-electron chi connectivity index (χ1n) is 4.00. The summed E-state index contributed by atoms with van der Waals surface area (Å²) in [6, 6.07) is 6.31. The number of aromatic hydroxyl groups is 1. The molecule has 5 heteroatoms.